The summed E-state index contributed by atoms with van der Waals surface area (Å²) in [5.74, 6) is 0.794. The number of aliphatic hydroxyl groups excluding tert-OH is 1. The van der Waals surface area contributed by atoms with E-state index in [4.69, 9.17) is 4.42 Å². The van der Waals surface area contributed by atoms with Crippen molar-refractivity contribution < 1.29 is 9.52 Å². The summed E-state index contributed by atoms with van der Waals surface area (Å²) in [4.78, 5) is 4.29. The van der Waals surface area contributed by atoms with Gasteiger partial charge in [-0.2, -0.15) is 0 Å². The molecule has 0 aliphatic carbocycles. The maximum atomic E-state index is 10.3. The Morgan fingerprint density at radius 2 is 2.06 bits per heavy atom. The smallest absolute Gasteiger partial charge is 0.107 e. The molecule has 90 valence electrons. The molecule has 1 atom stereocenters. The van der Waals surface area contributed by atoms with Gasteiger partial charge >= 0.3 is 0 Å². The summed E-state index contributed by atoms with van der Waals surface area (Å²) >= 11 is 0. The molecule has 0 saturated carbocycles. The van der Waals surface area contributed by atoms with E-state index in [9.17, 15) is 5.11 Å². The lowest BCUT2D eigenvalue weighted by Crippen LogP contribution is -1.98. The molecule has 0 bridgehead atoms. The molecule has 2 aromatic heterocycles. The Balaban J connectivity index is 2.03. The quantitative estimate of drug-likeness (QED) is 0.746. The number of fused-ring (bicyclic) bond motifs is 1. The van der Waals surface area contributed by atoms with Gasteiger partial charge in [0.1, 0.15) is 11.9 Å². The van der Waals surface area contributed by atoms with E-state index < -0.39 is 6.10 Å². The summed E-state index contributed by atoms with van der Waals surface area (Å²) in [7, 11) is 0. The van der Waals surface area contributed by atoms with Crippen molar-refractivity contribution in [3.63, 3.8) is 0 Å². The number of aliphatic hydroxyl groups is 1. The van der Waals surface area contributed by atoms with Gasteiger partial charge in [-0.15, -0.1) is 0 Å². The van der Waals surface area contributed by atoms with Crippen molar-refractivity contribution in [3.05, 3.63) is 65.7 Å². The van der Waals surface area contributed by atoms with Crippen LogP contribution in [0.4, 0.5) is 0 Å². The summed E-state index contributed by atoms with van der Waals surface area (Å²) in [5, 5.41) is 11.3. The highest BCUT2D eigenvalue weighted by Gasteiger charge is 2.13. The standard InChI is InChI=1S/C15H13NO2/c1-10-7-13(9-18-10)15(17)12-5-4-11-3-2-6-16-14(11)8-12/h2-9,15,17H,1H3. The molecule has 3 heteroatoms. The number of rotatable bonds is 2. The zero-order valence-electron chi connectivity index (χ0n) is 10.00. The van der Waals surface area contributed by atoms with Crippen molar-refractivity contribution in [2.45, 2.75) is 13.0 Å². The van der Waals surface area contributed by atoms with Crippen LogP contribution in [0.3, 0.4) is 0 Å². The van der Waals surface area contributed by atoms with Crippen LogP contribution in [0.25, 0.3) is 10.9 Å². The van der Waals surface area contributed by atoms with E-state index in [1.54, 1.807) is 12.5 Å². The van der Waals surface area contributed by atoms with Crippen molar-refractivity contribution in [3.8, 4) is 0 Å². The zero-order valence-corrected chi connectivity index (χ0v) is 10.00. The Kier molecular flexibility index (Phi) is 2.61. The molecule has 3 rings (SSSR count). The maximum Gasteiger partial charge on any atom is 0.107 e. The molecule has 1 unspecified atom stereocenters. The number of pyridine rings is 1. The molecule has 0 spiro atoms. The molecule has 0 aliphatic rings. The van der Waals surface area contributed by atoms with Gasteiger partial charge in [-0.25, -0.2) is 0 Å². The number of aromatic nitrogens is 1. The van der Waals surface area contributed by atoms with E-state index in [1.165, 1.54) is 0 Å². The average molecular weight is 239 g/mol. The maximum absolute atomic E-state index is 10.3. The van der Waals surface area contributed by atoms with Crippen LogP contribution in [0.1, 0.15) is 23.0 Å². The first-order valence-corrected chi connectivity index (χ1v) is 5.82. The van der Waals surface area contributed by atoms with E-state index in [2.05, 4.69) is 4.98 Å². The Morgan fingerprint density at radius 3 is 2.83 bits per heavy atom. The predicted molar refractivity (Wildman–Crippen MR) is 69.2 cm³/mol. The molecule has 2 heterocycles. The molecular weight excluding hydrogens is 226 g/mol. The Bertz CT molecular complexity index is 688. The highest BCUT2D eigenvalue weighted by molar-refractivity contribution is 5.79. The predicted octanol–water partition coefficient (Wildman–Crippen LogP) is 3.22. The molecular formula is C15H13NO2. The fraction of sp³-hybridized carbons (Fsp3) is 0.133. The average Bonchev–Trinajstić information content (AvgIpc) is 2.84. The number of furan rings is 1. The van der Waals surface area contributed by atoms with Gasteiger partial charge in [-0.1, -0.05) is 18.2 Å². The minimum Gasteiger partial charge on any atom is -0.469 e. The molecule has 3 nitrogen and oxygen atoms in total. The lowest BCUT2D eigenvalue weighted by atomic mass is 10.0. The van der Waals surface area contributed by atoms with Gasteiger partial charge in [-0.05, 0) is 30.7 Å². The summed E-state index contributed by atoms with van der Waals surface area (Å²) in [6, 6.07) is 11.5. The van der Waals surface area contributed by atoms with Crippen molar-refractivity contribution in [1.29, 1.82) is 0 Å². The molecule has 3 aromatic rings. The van der Waals surface area contributed by atoms with Crippen LogP contribution in [0.2, 0.25) is 0 Å². The third kappa shape index (κ3) is 1.89. The topological polar surface area (TPSA) is 46.3 Å². The van der Waals surface area contributed by atoms with Crippen LogP contribution in [0.5, 0.6) is 0 Å². The largest absolute Gasteiger partial charge is 0.469 e. The highest BCUT2D eigenvalue weighted by Crippen LogP contribution is 2.25. The molecule has 0 fully saturated rings. The number of aryl methyl sites for hydroxylation is 1. The second-order valence-electron chi connectivity index (χ2n) is 4.35. The first kappa shape index (κ1) is 11.0. The van der Waals surface area contributed by atoms with Gasteiger partial charge in [-0.3, -0.25) is 4.98 Å². The fourth-order valence-corrected chi connectivity index (χ4v) is 2.05. The van der Waals surface area contributed by atoms with Gasteiger partial charge in [0.25, 0.3) is 0 Å². The number of benzene rings is 1. The van der Waals surface area contributed by atoms with Crippen molar-refractivity contribution in [1.82, 2.24) is 4.98 Å². The van der Waals surface area contributed by atoms with Crippen LogP contribution in [0.15, 0.2) is 53.3 Å². The zero-order chi connectivity index (χ0) is 12.5. The summed E-state index contributed by atoms with van der Waals surface area (Å²) in [5.41, 5.74) is 2.47. The highest BCUT2D eigenvalue weighted by atomic mass is 16.3. The summed E-state index contributed by atoms with van der Waals surface area (Å²) < 4.78 is 5.22. The Morgan fingerprint density at radius 1 is 1.17 bits per heavy atom. The summed E-state index contributed by atoms with van der Waals surface area (Å²) in [6.07, 6.45) is 2.66. The molecule has 0 saturated heterocycles. The van der Waals surface area contributed by atoms with Crippen molar-refractivity contribution in [2.75, 3.05) is 0 Å². The Hall–Kier alpha value is -2.13. The fourth-order valence-electron chi connectivity index (χ4n) is 2.05. The van der Waals surface area contributed by atoms with E-state index in [0.29, 0.717) is 0 Å². The van der Waals surface area contributed by atoms with E-state index >= 15 is 0 Å². The van der Waals surface area contributed by atoms with Crippen molar-refractivity contribution >= 4 is 10.9 Å². The minimum atomic E-state index is -0.672. The molecule has 0 radical (unpaired) electrons. The number of nitrogens with zero attached hydrogens (tertiary/aromatic N) is 1. The number of hydrogen-bond donors (Lipinski definition) is 1. The molecule has 0 aliphatic heterocycles. The van der Waals surface area contributed by atoms with Gasteiger partial charge in [0.15, 0.2) is 0 Å². The number of hydrogen-bond acceptors (Lipinski definition) is 3. The van der Waals surface area contributed by atoms with Gasteiger partial charge in [0, 0.05) is 17.1 Å². The minimum absolute atomic E-state index is 0.672. The van der Waals surface area contributed by atoms with Gasteiger partial charge < -0.3 is 9.52 Å². The monoisotopic (exact) mass is 239 g/mol. The third-order valence-electron chi connectivity index (χ3n) is 3.01. The lowest BCUT2D eigenvalue weighted by molar-refractivity contribution is 0.219. The lowest BCUT2D eigenvalue weighted by Gasteiger charge is -2.09. The normalized spacial score (nSPS) is 12.8. The van der Waals surface area contributed by atoms with Crippen LogP contribution in [-0.4, -0.2) is 10.1 Å². The molecule has 18 heavy (non-hydrogen) atoms. The summed E-state index contributed by atoms with van der Waals surface area (Å²) in [6.45, 7) is 1.86. The van der Waals surface area contributed by atoms with Gasteiger partial charge in [0.2, 0.25) is 0 Å². The molecule has 0 amide bonds. The van der Waals surface area contributed by atoms with Crippen LogP contribution < -0.4 is 0 Å². The van der Waals surface area contributed by atoms with Crippen LogP contribution in [-0.2, 0) is 0 Å². The third-order valence-corrected chi connectivity index (χ3v) is 3.01. The second-order valence-corrected chi connectivity index (χ2v) is 4.35. The first-order valence-electron chi connectivity index (χ1n) is 5.82. The molecule has 1 aromatic carbocycles. The van der Waals surface area contributed by atoms with Crippen LogP contribution >= 0.6 is 0 Å². The molecule has 1 N–H and O–H groups in total. The van der Waals surface area contributed by atoms with E-state index in [0.717, 1.165) is 27.8 Å². The van der Waals surface area contributed by atoms with Crippen LogP contribution in [0, 0.1) is 6.92 Å². The second kappa shape index (κ2) is 4.27. The van der Waals surface area contributed by atoms with E-state index in [1.807, 2.05) is 43.3 Å². The Labute approximate surface area is 105 Å². The first-order chi connectivity index (χ1) is 8.74. The van der Waals surface area contributed by atoms with Crippen molar-refractivity contribution in [2.24, 2.45) is 0 Å². The van der Waals surface area contributed by atoms with Gasteiger partial charge in [0.05, 0.1) is 11.8 Å². The SMILES string of the molecule is Cc1cc(C(O)c2ccc3cccnc3c2)co1. The van der Waals surface area contributed by atoms with E-state index in [-0.39, 0.29) is 0 Å².